The van der Waals surface area contributed by atoms with E-state index in [-0.39, 0.29) is 18.2 Å². The fourth-order valence-corrected chi connectivity index (χ4v) is 9.54. The lowest BCUT2D eigenvalue weighted by atomic mass is 9.75. The number of benzene rings is 1. The van der Waals surface area contributed by atoms with Crippen LogP contribution in [0.15, 0.2) is 30.5 Å². The highest BCUT2D eigenvalue weighted by Gasteiger charge is 2.57. The molecule has 3 aromatic rings. The molecule has 9 heteroatoms. The zero-order chi connectivity index (χ0) is 26.2. The highest BCUT2D eigenvalue weighted by atomic mass is 35.5. The Morgan fingerprint density at radius 1 is 1.19 bits per heavy atom. The second-order valence-electron chi connectivity index (χ2n) is 11.8. The fourth-order valence-electron chi connectivity index (χ4n) is 6.51. The average Bonchev–Trinajstić information content (AvgIpc) is 3.44. The number of halogens is 1. The lowest BCUT2D eigenvalue weighted by Crippen LogP contribution is -2.56. The summed E-state index contributed by atoms with van der Waals surface area (Å²) in [5.41, 5.74) is 5.15. The van der Waals surface area contributed by atoms with Crippen LogP contribution in [0.3, 0.4) is 0 Å². The van der Waals surface area contributed by atoms with E-state index in [0.29, 0.717) is 11.6 Å². The fraction of sp³-hybridized carbons (Fsp3) is 0.536. The average molecular weight is 560 g/mol. The number of aliphatic hydroxyl groups excluding tert-OH is 1. The van der Waals surface area contributed by atoms with Crippen LogP contribution in [-0.4, -0.2) is 52.2 Å². The summed E-state index contributed by atoms with van der Waals surface area (Å²) < 4.78 is 29.5. The molecule has 6 nitrogen and oxygen atoms in total. The van der Waals surface area contributed by atoms with Crippen LogP contribution in [0.4, 0.5) is 5.69 Å². The molecule has 0 amide bonds. The Morgan fingerprint density at radius 2 is 1.97 bits per heavy atom. The Kier molecular flexibility index (Phi) is 6.16. The minimum absolute atomic E-state index is 0.0114. The summed E-state index contributed by atoms with van der Waals surface area (Å²) in [5.74, 6) is 0. The van der Waals surface area contributed by atoms with Gasteiger partial charge in [-0.1, -0.05) is 11.6 Å². The summed E-state index contributed by atoms with van der Waals surface area (Å²) in [4.78, 5) is 7.91. The zero-order valence-corrected chi connectivity index (χ0v) is 24.0. The van der Waals surface area contributed by atoms with Crippen molar-refractivity contribution >= 4 is 48.9 Å². The molecule has 1 atom stereocenters. The molecule has 4 heterocycles. The number of anilines is 1. The van der Waals surface area contributed by atoms with Gasteiger partial charge in [-0.05, 0) is 89.1 Å². The van der Waals surface area contributed by atoms with Crippen LogP contribution in [0.1, 0.15) is 63.3 Å². The van der Waals surface area contributed by atoms with Crippen LogP contribution in [-0.2, 0) is 23.1 Å². The molecule has 37 heavy (non-hydrogen) atoms. The molecular formula is C28H34ClN3O3S2. The Bertz CT molecular complexity index is 1470. The van der Waals surface area contributed by atoms with Gasteiger partial charge in [0.15, 0.2) is 0 Å². The van der Waals surface area contributed by atoms with Crippen molar-refractivity contribution in [1.82, 2.24) is 9.29 Å². The summed E-state index contributed by atoms with van der Waals surface area (Å²) in [7, 11) is -3.44. The number of pyridine rings is 1. The van der Waals surface area contributed by atoms with Crippen LogP contribution < -0.4 is 4.90 Å². The molecule has 198 valence electrons. The standard InChI is InChI=1S/C28H34ClN3O3S2/c1-27(2,3)37(34,35)32-16-20(15-28(32)8-5-9-28)31-11-4-6-18-12-19(29)13-23(25(18)31)22-7-10-30-24-14-21(17-33)36-26(22)24/h7,10,12-14,20,33H,4-6,8-9,11,15-17H2,1-3H3/t20-/m1/s1. The van der Waals surface area contributed by atoms with Gasteiger partial charge in [0.25, 0.3) is 0 Å². The maximum Gasteiger partial charge on any atom is 0.219 e. The second kappa shape index (κ2) is 8.91. The number of sulfonamides is 1. The largest absolute Gasteiger partial charge is 0.391 e. The van der Waals surface area contributed by atoms with E-state index in [1.165, 1.54) is 11.3 Å². The maximum absolute atomic E-state index is 13.7. The molecule has 1 saturated carbocycles. The summed E-state index contributed by atoms with van der Waals surface area (Å²) in [6.07, 6.45) is 7.62. The van der Waals surface area contributed by atoms with Gasteiger partial charge in [-0.2, -0.15) is 4.31 Å². The number of nitrogens with zero attached hydrogens (tertiary/aromatic N) is 3. The molecule has 1 saturated heterocycles. The first-order valence-corrected chi connectivity index (χ1v) is 15.8. The molecule has 0 radical (unpaired) electrons. The van der Waals surface area contributed by atoms with E-state index in [2.05, 4.69) is 16.0 Å². The van der Waals surface area contributed by atoms with Crippen molar-refractivity contribution in [1.29, 1.82) is 0 Å². The van der Waals surface area contributed by atoms with E-state index < -0.39 is 14.8 Å². The number of rotatable bonds is 4. The monoisotopic (exact) mass is 559 g/mol. The van der Waals surface area contributed by atoms with E-state index in [4.69, 9.17) is 11.6 Å². The van der Waals surface area contributed by atoms with Crippen molar-refractivity contribution in [2.24, 2.45) is 0 Å². The summed E-state index contributed by atoms with van der Waals surface area (Å²) in [6.45, 7) is 6.85. The molecular weight excluding hydrogens is 526 g/mol. The number of hydrogen-bond donors (Lipinski definition) is 1. The van der Waals surface area contributed by atoms with E-state index in [9.17, 15) is 13.5 Å². The molecule has 6 rings (SSSR count). The number of aliphatic hydroxyl groups is 1. The van der Waals surface area contributed by atoms with E-state index in [1.54, 1.807) is 11.3 Å². The number of fused-ring (bicyclic) bond motifs is 2. The molecule has 1 aromatic carbocycles. The molecule has 2 aliphatic heterocycles. The SMILES string of the molecule is CC(C)(C)S(=O)(=O)N1C[C@H](N2CCCc3cc(Cl)cc(-c4ccnc5cc(CO)sc45)c32)CC12CCC2. The van der Waals surface area contributed by atoms with Crippen molar-refractivity contribution in [3.8, 4) is 11.1 Å². The smallest absolute Gasteiger partial charge is 0.219 e. The predicted octanol–water partition coefficient (Wildman–Crippen LogP) is 5.99. The predicted molar refractivity (Wildman–Crippen MR) is 152 cm³/mol. The second-order valence-corrected chi connectivity index (χ2v) is 16.0. The molecule has 3 aliphatic rings. The van der Waals surface area contributed by atoms with Crippen molar-refractivity contribution in [2.75, 3.05) is 18.0 Å². The minimum Gasteiger partial charge on any atom is -0.391 e. The molecule has 2 aromatic heterocycles. The van der Waals surface area contributed by atoms with Crippen LogP contribution in [0.5, 0.6) is 0 Å². The van der Waals surface area contributed by atoms with E-state index in [0.717, 1.165) is 71.3 Å². The number of aryl methyl sites for hydroxylation is 1. The van der Waals surface area contributed by atoms with Crippen molar-refractivity contribution in [3.05, 3.63) is 45.9 Å². The van der Waals surface area contributed by atoms with Crippen molar-refractivity contribution in [2.45, 2.75) is 82.2 Å². The lowest BCUT2D eigenvalue weighted by Gasteiger charge is -2.46. The highest BCUT2D eigenvalue weighted by molar-refractivity contribution is 7.90. The Labute approximate surface area is 228 Å². The molecule has 2 fully saturated rings. The quantitative estimate of drug-likeness (QED) is 0.425. The van der Waals surface area contributed by atoms with Gasteiger partial charge in [-0.15, -0.1) is 11.3 Å². The first-order valence-electron chi connectivity index (χ1n) is 13.1. The van der Waals surface area contributed by atoms with Gasteiger partial charge in [0.05, 0.1) is 21.6 Å². The molecule has 1 spiro atoms. The van der Waals surface area contributed by atoms with Gasteiger partial charge < -0.3 is 10.0 Å². The van der Waals surface area contributed by atoms with E-state index >= 15 is 0 Å². The van der Waals surface area contributed by atoms with Gasteiger partial charge >= 0.3 is 0 Å². The van der Waals surface area contributed by atoms with Crippen LogP contribution in [0.2, 0.25) is 5.02 Å². The topological polar surface area (TPSA) is 73.7 Å². The first-order chi connectivity index (χ1) is 17.5. The third-order valence-electron chi connectivity index (χ3n) is 8.51. The Morgan fingerprint density at radius 3 is 2.65 bits per heavy atom. The molecule has 0 unspecified atom stereocenters. The van der Waals surface area contributed by atoms with Crippen LogP contribution in [0, 0.1) is 0 Å². The van der Waals surface area contributed by atoms with Crippen molar-refractivity contribution < 1.29 is 13.5 Å². The minimum atomic E-state index is -3.44. The van der Waals surface area contributed by atoms with Crippen molar-refractivity contribution in [3.63, 3.8) is 0 Å². The summed E-state index contributed by atoms with van der Waals surface area (Å²) in [5, 5.41) is 10.5. The van der Waals surface area contributed by atoms with Gasteiger partial charge in [0, 0.05) is 57.6 Å². The lowest BCUT2D eigenvalue weighted by molar-refractivity contribution is 0.125. The van der Waals surface area contributed by atoms with Gasteiger partial charge in [-0.3, -0.25) is 4.98 Å². The Hall–Kier alpha value is -1.71. The third kappa shape index (κ3) is 4.02. The van der Waals surface area contributed by atoms with Crippen LogP contribution in [0.25, 0.3) is 21.3 Å². The number of thiophene rings is 1. The zero-order valence-electron chi connectivity index (χ0n) is 21.6. The molecule has 1 aliphatic carbocycles. The number of aromatic nitrogens is 1. The van der Waals surface area contributed by atoms with Gasteiger partial charge in [0.2, 0.25) is 10.0 Å². The highest BCUT2D eigenvalue weighted by Crippen LogP contribution is 2.52. The normalized spacial score (nSPS) is 22.0. The van der Waals surface area contributed by atoms with E-state index in [1.807, 2.05) is 49.5 Å². The number of hydrogen-bond acceptors (Lipinski definition) is 6. The molecule has 0 bridgehead atoms. The van der Waals surface area contributed by atoms with Gasteiger partial charge in [-0.25, -0.2) is 8.42 Å². The maximum atomic E-state index is 13.7. The Balaban J connectivity index is 1.47. The molecule has 1 N–H and O–H groups in total. The summed E-state index contributed by atoms with van der Waals surface area (Å²) in [6, 6.07) is 8.23. The third-order valence-corrected chi connectivity index (χ3v) is 12.5. The summed E-state index contributed by atoms with van der Waals surface area (Å²) >= 11 is 8.24. The van der Waals surface area contributed by atoms with Crippen LogP contribution >= 0.6 is 22.9 Å². The first kappa shape index (κ1) is 25.6. The van der Waals surface area contributed by atoms with Gasteiger partial charge in [0.1, 0.15) is 0 Å².